The van der Waals surface area contributed by atoms with Crippen LogP contribution in [0.15, 0.2) is 0 Å². The normalized spacial score (nSPS) is 15.9. The van der Waals surface area contributed by atoms with Crippen molar-refractivity contribution in [2.24, 2.45) is 0 Å². The van der Waals surface area contributed by atoms with Gasteiger partial charge in [0.25, 0.3) is 0 Å². The molecule has 154 valence electrons. The molecule has 1 amide bonds. The Kier molecular flexibility index (Phi) is 15.2. The van der Waals surface area contributed by atoms with Gasteiger partial charge in [-0.15, -0.1) is 0 Å². The summed E-state index contributed by atoms with van der Waals surface area (Å²) in [7, 11) is 0. The first kappa shape index (κ1) is 23.6. The lowest BCUT2D eigenvalue weighted by Crippen LogP contribution is -2.30. The van der Waals surface area contributed by atoms with Gasteiger partial charge in [-0.1, -0.05) is 65.2 Å². The SMILES string of the molecule is CCCCCCCCCCC(C)SCCNC(=O)OCCN1CCCC1. The molecule has 0 saturated carbocycles. The number of carbonyl (C=O) groups excluding carboxylic acids is 1. The van der Waals surface area contributed by atoms with Crippen LogP contribution in [0.25, 0.3) is 0 Å². The van der Waals surface area contributed by atoms with E-state index in [2.05, 4.69) is 24.1 Å². The van der Waals surface area contributed by atoms with E-state index in [1.165, 1.54) is 70.6 Å². The van der Waals surface area contributed by atoms with Gasteiger partial charge in [0.05, 0.1) is 0 Å². The average molecular weight is 387 g/mol. The smallest absolute Gasteiger partial charge is 0.407 e. The van der Waals surface area contributed by atoms with Crippen molar-refractivity contribution in [1.29, 1.82) is 0 Å². The first-order valence-electron chi connectivity index (χ1n) is 11.0. The number of unbranched alkanes of at least 4 members (excludes halogenated alkanes) is 7. The van der Waals surface area contributed by atoms with Crippen molar-refractivity contribution in [2.75, 3.05) is 38.5 Å². The highest BCUT2D eigenvalue weighted by atomic mass is 32.2. The van der Waals surface area contributed by atoms with Crippen LogP contribution >= 0.6 is 11.8 Å². The van der Waals surface area contributed by atoms with E-state index in [1.54, 1.807) is 0 Å². The molecule has 0 spiro atoms. The van der Waals surface area contributed by atoms with Crippen molar-refractivity contribution in [3.05, 3.63) is 0 Å². The van der Waals surface area contributed by atoms with Crippen LogP contribution in [0.1, 0.15) is 84.5 Å². The van der Waals surface area contributed by atoms with Crippen molar-refractivity contribution in [2.45, 2.75) is 89.7 Å². The van der Waals surface area contributed by atoms with E-state index in [0.717, 1.165) is 25.4 Å². The van der Waals surface area contributed by atoms with Crippen LogP contribution in [0.3, 0.4) is 0 Å². The van der Waals surface area contributed by atoms with Crippen LogP contribution in [-0.4, -0.2) is 54.8 Å². The zero-order valence-corrected chi connectivity index (χ0v) is 18.1. The summed E-state index contributed by atoms with van der Waals surface area (Å²) in [5.74, 6) is 0.972. The fraction of sp³-hybridized carbons (Fsp3) is 0.952. The number of hydrogen-bond donors (Lipinski definition) is 1. The minimum absolute atomic E-state index is 0.263. The Morgan fingerprint density at radius 2 is 1.73 bits per heavy atom. The van der Waals surface area contributed by atoms with Gasteiger partial charge in [-0.3, -0.25) is 4.90 Å². The minimum Gasteiger partial charge on any atom is -0.448 e. The van der Waals surface area contributed by atoms with Crippen LogP contribution in [0.4, 0.5) is 4.79 Å². The van der Waals surface area contributed by atoms with Gasteiger partial charge in [0, 0.05) is 24.1 Å². The Morgan fingerprint density at radius 1 is 1.08 bits per heavy atom. The third kappa shape index (κ3) is 13.7. The van der Waals surface area contributed by atoms with Crippen molar-refractivity contribution in [1.82, 2.24) is 10.2 Å². The lowest BCUT2D eigenvalue weighted by molar-refractivity contribution is 0.133. The van der Waals surface area contributed by atoms with Gasteiger partial charge >= 0.3 is 6.09 Å². The summed E-state index contributed by atoms with van der Waals surface area (Å²) in [6.45, 7) is 8.96. The summed E-state index contributed by atoms with van der Waals surface area (Å²) in [5, 5.41) is 3.55. The van der Waals surface area contributed by atoms with Gasteiger partial charge in [0.15, 0.2) is 0 Å². The van der Waals surface area contributed by atoms with Gasteiger partial charge in [-0.05, 0) is 32.4 Å². The highest BCUT2D eigenvalue weighted by molar-refractivity contribution is 7.99. The number of nitrogens with one attached hydrogen (secondary N) is 1. The molecular weight excluding hydrogens is 344 g/mol. The Balaban J connectivity index is 1.82. The van der Waals surface area contributed by atoms with Gasteiger partial charge in [-0.25, -0.2) is 4.79 Å². The number of thioether (sulfide) groups is 1. The maximum absolute atomic E-state index is 11.6. The fourth-order valence-electron chi connectivity index (χ4n) is 3.39. The number of likely N-dealkylation sites (tertiary alicyclic amines) is 1. The first-order valence-corrected chi connectivity index (χ1v) is 12.0. The molecule has 0 radical (unpaired) electrons. The lowest BCUT2D eigenvalue weighted by Gasteiger charge is -2.15. The summed E-state index contributed by atoms with van der Waals surface area (Å²) < 4.78 is 5.24. The number of amides is 1. The molecule has 1 rings (SSSR count). The molecule has 1 N–H and O–H groups in total. The Morgan fingerprint density at radius 3 is 2.42 bits per heavy atom. The Bertz CT molecular complexity index is 336. The second-order valence-electron chi connectivity index (χ2n) is 7.56. The van der Waals surface area contributed by atoms with Crippen LogP contribution < -0.4 is 5.32 Å². The molecule has 4 nitrogen and oxygen atoms in total. The molecule has 1 fully saturated rings. The molecule has 26 heavy (non-hydrogen) atoms. The number of carbonyl (C=O) groups is 1. The molecule has 1 aliphatic heterocycles. The summed E-state index contributed by atoms with van der Waals surface area (Å²) in [6, 6.07) is 0. The minimum atomic E-state index is -0.263. The third-order valence-electron chi connectivity index (χ3n) is 5.08. The van der Waals surface area contributed by atoms with Crippen LogP contribution in [-0.2, 0) is 4.74 Å². The predicted molar refractivity (Wildman–Crippen MR) is 114 cm³/mol. The van der Waals surface area contributed by atoms with Crippen LogP contribution in [0.2, 0.25) is 0 Å². The second kappa shape index (κ2) is 16.7. The molecule has 1 aliphatic rings. The van der Waals surface area contributed by atoms with Gasteiger partial charge in [0.1, 0.15) is 6.61 Å². The Hall–Kier alpha value is -0.420. The highest BCUT2D eigenvalue weighted by Gasteiger charge is 2.11. The van der Waals surface area contributed by atoms with E-state index in [4.69, 9.17) is 4.74 Å². The summed E-state index contributed by atoms with van der Waals surface area (Å²) in [6.07, 6.45) is 14.7. The Labute approximate surface area is 166 Å². The second-order valence-corrected chi connectivity index (χ2v) is 9.10. The zero-order chi connectivity index (χ0) is 18.9. The van der Waals surface area contributed by atoms with Gasteiger partial charge in [-0.2, -0.15) is 11.8 Å². The molecule has 0 aromatic rings. The summed E-state index contributed by atoms with van der Waals surface area (Å²) >= 11 is 1.96. The molecular formula is C21H42N2O2S. The van der Waals surface area contributed by atoms with E-state index in [-0.39, 0.29) is 6.09 Å². The van der Waals surface area contributed by atoms with E-state index >= 15 is 0 Å². The number of rotatable bonds is 16. The molecule has 0 bridgehead atoms. The first-order chi connectivity index (χ1) is 12.7. The number of ether oxygens (including phenoxy) is 1. The molecule has 1 heterocycles. The lowest BCUT2D eigenvalue weighted by atomic mass is 10.1. The van der Waals surface area contributed by atoms with E-state index in [9.17, 15) is 4.79 Å². The van der Waals surface area contributed by atoms with Crippen molar-refractivity contribution in [3.8, 4) is 0 Å². The summed E-state index contributed by atoms with van der Waals surface area (Å²) in [5.41, 5.74) is 0. The van der Waals surface area contributed by atoms with Crippen molar-refractivity contribution < 1.29 is 9.53 Å². The van der Waals surface area contributed by atoms with E-state index in [1.807, 2.05) is 11.8 Å². The number of nitrogens with zero attached hydrogens (tertiary/aromatic N) is 1. The average Bonchev–Trinajstić information content (AvgIpc) is 3.14. The predicted octanol–water partition coefficient (Wildman–Crippen LogP) is 5.46. The summed E-state index contributed by atoms with van der Waals surface area (Å²) in [4.78, 5) is 14.0. The van der Waals surface area contributed by atoms with Crippen molar-refractivity contribution in [3.63, 3.8) is 0 Å². The van der Waals surface area contributed by atoms with Crippen LogP contribution in [0.5, 0.6) is 0 Å². The highest BCUT2D eigenvalue weighted by Crippen LogP contribution is 2.18. The fourth-order valence-corrected chi connectivity index (χ4v) is 4.34. The van der Waals surface area contributed by atoms with Gasteiger partial charge < -0.3 is 10.1 Å². The van der Waals surface area contributed by atoms with Gasteiger partial charge in [0.2, 0.25) is 0 Å². The molecule has 0 aliphatic carbocycles. The molecule has 0 aromatic heterocycles. The number of hydrogen-bond acceptors (Lipinski definition) is 4. The number of alkyl carbamates (subject to hydrolysis) is 1. The standard InChI is InChI=1S/C21H42N2O2S/c1-3-4-5-6-7-8-9-10-13-20(2)26-19-14-22-21(24)25-18-17-23-15-11-12-16-23/h20H,3-19H2,1-2H3,(H,22,24). The molecule has 0 aromatic carbocycles. The molecule has 5 heteroatoms. The quantitative estimate of drug-likeness (QED) is 0.358. The molecule has 1 unspecified atom stereocenters. The largest absolute Gasteiger partial charge is 0.448 e. The van der Waals surface area contributed by atoms with E-state index in [0.29, 0.717) is 18.4 Å². The topological polar surface area (TPSA) is 41.6 Å². The van der Waals surface area contributed by atoms with Crippen molar-refractivity contribution >= 4 is 17.9 Å². The third-order valence-corrected chi connectivity index (χ3v) is 6.32. The molecule has 1 saturated heterocycles. The zero-order valence-electron chi connectivity index (χ0n) is 17.3. The maximum atomic E-state index is 11.6. The maximum Gasteiger partial charge on any atom is 0.407 e. The molecule has 1 atom stereocenters. The monoisotopic (exact) mass is 386 g/mol. The van der Waals surface area contributed by atoms with E-state index < -0.39 is 0 Å². The van der Waals surface area contributed by atoms with Crippen LogP contribution in [0, 0.1) is 0 Å².